The number of aromatic nitrogens is 3. The molecule has 3 N–H and O–H groups in total. The number of nitrogens with one attached hydrogen (secondary N) is 1. The van der Waals surface area contributed by atoms with Gasteiger partial charge in [-0.2, -0.15) is 0 Å². The summed E-state index contributed by atoms with van der Waals surface area (Å²) < 4.78 is 2.48. The van der Waals surface area contributed by atoms with E-state index in [-0.39, 0.29) is 10.9 Å². The molecule has 2 aromatic heterocycles. The van der Waals surface area contributed by atoms with Crippen LogP contribution in [0.3, 0.4) is 0 Å². The number of H-pyrrole nitrogens is 1. The molecule has 1 saturated carbocycles. The zero-order valence-corrected chi connectivity index (χ0v) is 12.4. The van der Waals surface area contributed by atoms with E-state index >= 15 is 0 Å². The highest BCUT2D eigenvalue weighted by atomic mass is 35.5. The van der Waals surface area contributed by atoms with Gasteiger partial charge in [-0.3, -0.25) is 4.57 Å². The van der Waals surface area contributed by atoms with Gasteiger partial charge in [0.2, 0.25) is 0 Å². The summed E-state index contributed by atoms with van der Waals surface area (Å²) in [6, 6.07) is 4.15. The summed E-state index contributed by atoms with van der Waals surface area (Å²) >= 11 is 8.99. The van der Waals surface area contributed by atoms with Crippen molar-refractivity contribution in [3.8, 4) is 0 Å². The summed E-state index contributed by atoms with van der Waals surface area (Å²) in [5.41, 5.74) is 5.69. The molecule has 0 aromatic carbocycles. The third-order valence-corrected chi connectivity index (χ3v) is 5.68. The second-order valence-corrected chi connectivity index (χ2v) is 7.31. The van der Waals surface area contributed by atoms with Gasteiger partial charge < -0.3 is 5.73 Å². The molecule has 1 aliphatic carbocycles. The van der Waals surface area contributed by atoms with E-state index in [1.807, 2.05) is 12.1 Å². The first-order chi connectivity index (χ1) is 9.19. The van der Waals surface area contributed by atoms with Crippen LogP contribution in [0.1, 0.15) is 29.0 Å². The predicted octanol–water partition coefficient (Wildman–Crippen LogP) is 2.41. The van der Waals surface area contributed by atoms with Crippen LogP contribution in [0.2, 0.25) is 4.34 Å². The summed E-state index contributed by atoms with van der Waals surface area (Å²) in [6.45, 7) is 0.479. The Bertz CT molecular complexity index is 631. The number of thiophene rings is 1. The van der Waals surface area contributed by atoms with Gasteiger partial charge >= 0.3 is 5.69 Å². The summed E-state index contributed by atoms with van der Waals surface area (Å²) in [5.74, 6) is 0. The Morgan fingerprint density at radius 3 is 3.00 bits per heavy atom. The third kappa shape index (κ3) is 2.74. The Morgan fingerprint density at radius 1 is 1.63 bits per heavy atom. The van der Waals surface area contributed by atoms with E-state index in [1.54, 1.807) is 4.57 Å². The number of hydrogen-bond donors (Lipinski definition) is 2. The van der Waals surface area contributed by atoms with Crippen LogP contribution in [0.5, 0.6) is 0 Å². The highest BCUT2D eigenvalue weighted by Crippen LogP contribution is 2.41. The Balaban J connectivity index is 1.85. The molecule has 102 valence electrons. The van der Waals surface area contributed by atoms with Crippen molar-refractivity contribution in [2.75, 3.05) is 6.54 Å². The van der Waals surface area contributed by atoms with Crippen molar-refractivity contribution in [2.24, 2.45) is 5.73 Å². The molecule has 2 aromatic rings. The summed E-state index contributed by atoms with van der Waals surface area (Å²) in [4.78, 5) is 12.8. The first kappa shape index (κ1) is 13.2. The third-order valence-electron chi connectivity index (χ3n) is 2.96. The van der Waals surface area contributed by atoms with Gasteiger partial charge in [0.25, 0.3) is 0 Å². The number of nitrogens with two attached hydrogens (primary N) is 1. The van der Waals surface area contributed by atoms with Crippen LogP contribution in [0.15, 0.2) is 22.1 Å². The molecule has 1 aliphatic rings. The average molecular weight is 317 g/mol. The fraction of sp³-hybridized carbons (Fsp3) is 0.455. The van der Waals surface area contributed by atoms with Crippen molar-refractivity contribution < 1.29 is 0 Å². The Hall–Kier alpha value is -0.760. The van der Waals surface area contributed by atoms with E-state index < -0.39 is 0 Å². The zero-order valence-electron chi connectivity index (χ0n) is 10.0. The summed E-state index contributed by atoms with van der Waals surface area (Å²) in [7, 11) is 0. The van der Waals surface area contributed by atoms with E-state index in [9.17, 15) is 4.79 Å². The minimum absolute atomic E-state index is 0.0743. The molecule has 19 heavy (non-hydrogen) atoms. The molecule has 0 amide bonds. The quantitative estimate of drug-likeness (QED) is 0.830. The van der Waals surface area contributed by atoms with Crippen LogP contribution in [0.4, 0.5) is 0 Å². The molecule has 0 saturated heterocycles. The maximum absolute atomic E-state index is 11.7. The van der Waals surface area contributed by atoms with Gasteiger partial charge in [0, 0.05) is 17.5 Å². The van der Waals surface area contributed by atoms with E-state index in [2.05, 4.69) is 10.2 Å². The van der Waals surface area contributed by atoms with Gasteiger partial charge in [0.1, 0.15) is 0 Å². The fourth-order valence-corrected chi connectivity index (χ4v) is 4.21. The number of aromatic amines is 1. The number of thioether (sulfide) groups is 1. The SMILES string of the molecule is NCC(Sc1n[nH]c(=O)n1C1CC1)c1ccc(Cl)s1. The van der Waals surface area contributed by atoms with E-state index in [0.717, 1.165) is 22.1 Å². The van der Waals surface area contributed by atoms with Gasteiger partial charge in [-0.1, -0.05) is 23.4 Å². The lowest BCUT2D eigenvalue weighted by Gasteiger charge is -2.12. The maximum Gasteiger partial charge on any atom is 0.344 e. The van der Waals surface area contributed by atoms with Crippen molar-refractivity contribution >= 4 is 34.7 Å². The molecule has 0 bridgehead atoms. The van der Waals surface area contributed by atoms with Crippen molar-refractivity contribution in [3.05, 3.63) is 31.8 Å². The van der Waals surface area contributed by atoms with Crippen molar-refractivity contribution in [3.63, 3.8) is 0 Å². The van der Waals surface area contributed by atoms with Crippen LogP contribution < -0.4 is 11.4 Å². The number of halogens is 1. The normalized spacial score (nSPS) is 16.7. The lowest BCUT2D eigenvalue weighted by molar-refractivity contribution is 0.641. The summed E-state index contributed by atoms with van der Waals surface area (Å²) in [6.07, 6.45) is 2.09. The minimum atomic E-state index is -0.134. The second-order valence-electron chi connectivity index (χ2n) is 4.40. The molecular weight excluding hydrogens is 304 g/mol. The van der Waals surface area contributed by atoms with Crippen LogP contribution in [-0.4, -0.2) is 21.3 Å². The zero-order chi connectivity index (χ0) is 13.4. The minimum Gasteiger partial charge on any atom is -0.329 e. The van der Waals surface area contributed by atoms with Crippen molar-refractivity contribution in [2.45, 2.75) is 29.3 Å². The monoisotopic (exact) mass is 316 g/mol. The first-order valence-electron chi connectivity index (χ1n) is 5.98. The largest absolute Gasteiger partial charge is 0.344 e. The molecule has 8 heteroatoms. The number of hydrogen-bond acceptors (Lipinski definition) is 5. The van der Waals surface area contributed by atoms with Gasteiger partial charge in [0.15, 0.2) is 5.16 Å². The van der Waals surface area contributed by atoms with Gasteiger partial charge in [-0.25, -0.2) is 9.89 Å². The van der Waals surface area contributed by atoms with E-state index in [4.69, 9.17) is 17.3 Å². The Labute approximate surface area is 123 Å². The number of nitrogens with zero attached hydrogens (tertiary/aromatic N) is 2. The molecule has 3 rings (SSSR count). The second kappa shape index (κ2) is 5.32. The Kier molecular flexibility index (Phi) is 3.70. The molecule has 1 fully saturated rings. The molecule has 5 nitrogen and oxygen atoms in total. The highest BCUT2D eigenvalue weighted by molar-refractivity contribution is 7.99. The molecule has 0 spiro atoms. The van der Waals surface area contributed by atoms with Crippen molar-refractivity contribution in [1.82, 2.24) is 14.8 Å². The lowest BCUT2D eigenvalue weighted by atomic mass is 10.3. The van der Waals surface area contributed by atoms with Crippen LogP contribution in [-0.2, 0) is 0 Å². The number of rotatable bonds is 5. The molecule has 0 aliphatic heterocycles. The van der Waals surface area contributed by atoms with Gasteiger partial charge in [-0.05, 0) is 25.0 Å². The molecule has 1 unspecified atom stereocenters. The molecule has 0 radical (unpaired) electrons. The Morgan fingerprint density at radius 2 is 2.42 bits per heavy atom. The molecular formula is C11H13ClN4OS2. The fourth-order valence-electron chi connectivity index (χ4n) is 1.88. The molecule has 1 atom stereocenters. The predicted molar refractivity (Wildman–Crippen MR) is 78.1 cm³/mol. The van der Waals surface area contributed by atoms with E-state index in [1.165, 1.54) is 23.1 Å². The van der Waals surface area contributed by atoms with Crippen LogP contribution >= 0.6 is 34.7 Å². The maximum atomic E-state index is 11.7. The lowest BCUT2D eigenvalue weighted by Crippen LogP contribution is -2.17. The average Bonchev–Trinajstić information content (AvgIpc) is 3.03. The van der Waals surface area contributed by atoms with Crippen LogP contribution in [0, 0.1) is 0 Å². The van der Waals surface area contributed by atoms with Gasteiger partial charge in [0.05, 0.1) is 9.59 Å². The first-order valence-corrected chi connectivity index (χ1v) is 8.05. The standard InChI is InChI=1S/C11H13ClN4OS2/c12-9-4-3-7(18-9)8(5-13)19-11-15-14-10(17)16(11)6-1-2-6/h3-4,6,8H,1-2,5,13H2,(H,14,17). The van der Waals surface area contributed by atoms with Crippen molar-refractivity contribution in [1.29, 1.82) is 0 Å². The molecule has 2 heterocycles. The van der Waals surface area contributed by atoms with Crippen LogP contribution in [0.25, 0.3) is 0 Å². The van der Waals surface area contributed by atoms with E-state index in [0.29, 0.717) is 17.7 Å². The van der Waals surface area contributed by atoms with Gasteiger partial charge in [-0.15, -0.1) is 16.4 Å². The highest BCUT2D eigenvalue weighted by Gasteiger charge is 2.29. The topological polar surface area (TPSA) is 76.7 Å². The summed E-state index contributed by atoms with van der Waals surface area (Å²) in [5, 5.41) is 7.41. The smallest absolute Gasteiger partial charge is 0.329 e.